The molecule has 0 aliphatic rings. The molecular formula is C17H16N2O7S. The Labute approximate surface area is 154 Å². The van der Waals surface area contributed by atoms with E-state index in [1.54, 1.807) is 0 Å². The first kappa shape index (κ1) is 20.2. The Morgan fingerprint density at radius 1 is 1.15 bits per heavy atom. The normalized spacial score (nSPS) is 14.0. The average molecular weight is 392 g/mol. The van der Waals surface area contributed by atoms with E-state index in [-0.39, 0.29) is 16.1 Å². The van der Waals surface area contributed by atoms with Crippen LogP contribution in [0, 0.1) is 10.1 Å². The minimum Gasteiger partial charge on any atom is -0.480 e. The molecule has 0 fully saturated rings. The summed E-state index contributed by atoms with van der Waals surface area (Å²) in [4.78, 5) is 25.5. The van der Waals surface area contributed by atoms with Gasteiger partial charge in [-0.05, 0) is 35.4 Å². The van der Waals surface area contributed by atoms with Crippen molar-refractivity contribution in [3.63, 3.8) is 0 Å². The van der Waals surface area contributed by atoms with E-state index < -0.39 is 32.9 Å². The maximum atomic E-state index is 11.4. The lowest BCUT2D eigenvalue weighted by Crippen LogP contribution is -2.26. The molecule has 2 aromatic rings. The van der Waals surface area contributed by atoms with Crippen molar-refractivity contribution < 1.29 is 28.3 Å². The second-order valence-corrected chi connectivity index (χ2v) is 7.71. The Balaban J connectivity index is 2.22. The smallest absolute Gasteiger partial charge is 0.331 e. The molecule has 0 bridgehead atoms. The van der Waals surface area contributed by atoms with Crippen LogP contribution in [0.1, 0.15) is 17.2 Å². The summed E-state index contributed by atoms with van der Waals surface area (Å²) in [6.45, 7) is 0. The molecule has 10 heteroatoms. The van der Waals surface area contributed by atoms with Gasteiger partial charge in [-0.2, -0.15) is 0 Å². The first-order valence-corrected chi connectivity index (χ1v) is 9.47. The van der Waals surface area contributed by atoms with Gasteiger partial charge < -0.3 is 10.2 Å². The lowest BCUT2D eigenvalue weighted by atomic mass is 10.0. The number of sulfone groups is 1. The zero-order chi connectivity index (χ0) is 20.2. The Morgan fingerprint density at radius 2 is 1.70 bits per heavy atom. The van der Waals surface area contributed by atoms with Crippen molar-refractivity contribution in [1.29, 1.82) is 0 Å². The summed E-state index contributed by atoms with van der Waals surface area (Å²) < 4.78 is 22.9. The molecule has 0 saturated carbocycles. The molecule has 0 spiro atoms. The number of hydrogen-bond acceptors (Lipinski definition) is 7. The van der Waals surface area contributed by atoms with Crippen LogP contribution in [0.3, 0.4) is 0 Å². The fourth-order valence-electron chi connectivity index (χ4n) is 2.22. The third kappa shape index (κ3) is 5.19. The lowest BCUT2D eigenvalue weighted by molar-refractivity contribution is -0.384. The Hall–Kier alpha value is -3.11. The highest BCUT2D eigenvalue weighted by Gasteiger charge is 2.27. The fourth-order valence-corrected chi connectivity index (χ4v) is 2.85. The molecule has 0 saturated heterocycles. The van der Waals surface area contributed by atoms with Gasteiger partial charge in [-0.3, -0.25) is 15.1 Å². The number of aliphatic carboxylic acids is 1. The van der Waals surface area contributed by atoms with Crippen LogP contribution in [0.15, 0.2) is 58.4 Å². The number of benzene rings is 2. The number of carboxylic acid groups (broad SMARTS) is 1. The molecule has 2 aromatic carbocycles. The molecule has 9 nitrogen and oxygen atoms in total. The zero-order valence-electron chi connectivity index (χ0n) is 14.1. The molecule has 0 aliphatic heterocycles. The van der Waals surface area contributed by atoms with E-state index in [9.17, 15) is 33.5 Å². The van der Waals surface area contributed by atoms with Gasteiger partial charge in [0.25, 0.3) is 5.69 Å². The van der Waals surface area contributed by atoms with Crippen molar-refractivity contribution >= 4 is 27.7 Å². The van der Waals surface area contributed by atoms with Crippen LogP contribution in [0.5, 0.6) is 0 Å². The van der Waals surface area contributed by atoms with Crippen LogP contribution in [0.2, 0.25) is 0 Å². The number of rotatable bonds is 7. The second kappa shape index (κ2) is 8.06. The SMILES string of the molecule is CS(=O)(=O)c1ccc(C=N[C@H](C(=O)O)[C@@H](O)c2ccc([N+](=O)[O-])cc2)cc1. The summed E-state index contributed by atoms with van der Waals surface area (Å²) in [7, 11) is -3.35. The van der Waals surface area contributed by atoms with E-state index in [0.717, 1.165) is 18.4 Å². The number of non-ortho nitro benzene ring substituents is 1. The summed E-state index contributed by atoms with van der Waals surface area (Å²) in [6, 6.07) is 8.92. The van der Waals surface area contributed by atoms with E-state index in [1.165, 1.54) is 42.6 Å². The highest BCUT2D eigenvalue weighted by molar-refractivity contribution is 7.90. The predicted octanol–water partition coefficient (Wildman–Crippen LogP) is 1.60. The standard InChI is InChI=1S/C17H16N2O7S/c1-27(25,26)14-8-2-11(3-9-14)10-18-15(17(21)22)16(20)12-4-6-13(7-5-12)19(23)24/h2-10,15-16,20H,1H3,(H,21,22)/t15-,16-/m0/s1. The molecule has 27 heavy (non-hydrogen) atoms. The number of nitro benzene ring substituents is 1. The summed E-state index contributed by atoms with van der Waals surface area (Å²) in [5, 5.41) is 30.2. The monoisotopic (exact) mass is 392 g/mol. The minimum atomic E-state index is -3.35. The number of aliphatic hydroxyl groups is 1. The van der Waals surface area contributed by atoms with Gasteiger partial charge in [0.15, 0.2) is 15.9 Å². The first-order chi connectivity index (χ1) is 12.6. The highest BCUT2D eigenvalue weighted by Crippen LogP contribution is 2.22. The van der Waals surface area contributed by atoms with Gasteiger partial charge in [-0.25, -0.2) is 13.2 Å². The second-order valence-electron chi connectivity index (χ2n) is 5.70. The van der Waals surface area contributed by atoms with Crippen LogP contribution in [-0.2, 0) is 14.6 Å². The fraction of sp³-hybridized carbons (Fsp3) is 0.176. The summed E-state index contributed by atoms with van der Waals surface area (Å²) in [5.74, 6) is -1.38. The largest absolute Gasteiger partial charge is 0.480 e. The number of aliphatic hydroxyl groups excluding tert-OH is 1. The van der Waals surface area contributed by atoms with E-state index in [2.05, 4.69) is 4.99 Å². The van der Waals surface area contributed by atoms with Crippen molar-refractivity contribution in [3.05, 3.63) is 69.8 Å². The number of nitrogens with zero attached hydrogens (tertiary/aromatic N) is 2. The zero-order valence-corrected chi connectivity index (χ0v) is 14.9. The molecule has 0 amide bonds. The van der Waals surface area contributed by atoms with Crippen LogP contribution in [0.25, 0.3) is 0 Å². The molecule has 0 aromatic heterocycles. The minimum absolute atomic E-state index is 0.111. The topological polar surface area (TPSA) is 147 Å². The summed E-state index contributed by atoms with van der Waals surface area (Å²) in [6.07, 6.45) is 0.756. The highest BCUT2D eigenvalue weighted by atomic mass is 32.2. The van der Waals surface area contributed by atoms with Crippen LogP contribution in [-0.4, -0.2) is 48.0 Å². The van der Waals surface area contributed by atoms with Gasteiger partial charge in [0.2, 0.25) is 0 Å². The maximum Gasteiger partial charge on any atom is 0.331 e. The molecule has 2 atom stereocenters. The van der Waals surface area contributed by atoms with Crippen molar-refractivity contribution in [2.75, 3.05) is 6.26 Å². The number of nitro groups is 1. The molecule has 0 radical (unpaired) electrons. The van der Waals surface area contributed by atoms with Crippen molar-refractivity contribution in [3.8, 4) is 0 Å². The van der Waals surface area contributed by atoms with Crippen molar-refractivity contribution in [1.82, 2.24) is 0 Å². The van der Waals surface area contributed by atoms with Gasteiger partial charge in [0.1, 0.15) is 6.10 Å². The Kier molecular flexibility index (Phi) is 6.03. The average Bonchev–Trinajstić information content (AvgIpc) is 2.61. The van der Waals surface area contributed by atoms with Crippen molar-refractivity contribution in [2.24, 2.45) is 4.99 Å². The molecule has 0 heterocycles. The van der Waals surface area contributed by atoms with E-state index in [0.29, 0.717) is 5.56 Å². The molecule has 142 valence electrons. The van der Waals surface area contributed by atoms with Gasteiger partial charge in [0.05, 0.1) is 9.82 Å². The third-order valence-electron chi connectivity index (χ3n) is 3.69. The molecule has 0 unspecified atom stereocenters. The van der Waals surface area contributed by atoms with Gasteiger partial charge in [-0.15, -0.1) is 0 Å². The third-order valence-corrected chi connectivity index (χ3v) is 4.82. The van der Waals surface area contributed by atoms with Gasteiger partial charge >= 0.3 is 5.97 Å². The van der Waals surface area contributed by atoms with Crippen LogP contribution >= 0.6 is 0 Å². The number of hydrogen-bond donors (Lipinski definition) is 2. The number of aliphatic imine (C=N–C) groups is 1. The van der Waals surface area contributed by atoms with Crippen LogP contribution < -0.4 is 0 Å². The lowest BCUT2D eigenvalue weighted by Gasteiger charge is -2.15. The Bertz CT molecular complexity index is 967. The van der Waals surface area contributed by atoms with E-state index in [1.807, 2.05) is 0 Å². The van der Waals surface area contributed by atoms with E-state index in [4.69, 9.17) is 0 Å². The first-order valence-electron chi connectivity index (χ1n) is 7.58. The molecular weight excluding hydrogens is 376 g/mol. The predicted molar refractivity (Wildman–Crippen MR) is 96.6 cm³/mol. The maximum absolute atomic E-state index is 11.4. The Morgan fingerprint density at radius 3 is 2.15 bits per heavy atom. The van der Waals surface area contributed by atoms with Gasteiger partial charge in [0, 0.05) is 24.6 Å². The molecule has 2 rings (SSSR count). The number of carboxylic acids is 1. The quantitative estimate of drug-likeness (QED) is 0.413. The van der Waals surface area contributed by atoms with Crippen LogP contribution in [0.4, 0.5) is 5.69 Å². The summed E-state index contributed by atoms with van der Waals surface area (Å²) in [5.41, 5.74) is 0.425. The molecule has 2 N–H and O–H groups in total. The van der Waals surface area contributed by atoms with E-state index >= 15 is 0 Å². The molecule has 0 aliphatic carbocycles. The summed E-state index contributed by atoms with van der Waals surface area (Å²) >= 11 is 0. The van der Waals surface area contributed by atoms with Crippen molar-refractivity contribution in [2.45, 2.75) is 17.0 Å². The number of carbonyl (C=O) groups is 1. The van der Waals surface area contributed by atoms with Gasteiger partial charge in [-0.1, -0.05) is 12.1 Å².